The van der Waals surface area contributed by atoms with Crippen LogP contribution in [0.4, 0.5) is 0 Å². The molecule has 20 heavy (non-hydrogen) atoms. The lowest BCUT2D eigenvalue weighted by Crippen LogP contribution is -2.35. The molecule has 0 bridgehead atoms. The quantitative estimate of drug-likeness (QED) is 0.749. The fraction of sp³-hybridized carbons (Fsp3) is 0.692. The summed E-state index contributed by atoms with van der Waals surface area (Å²) in [5, 5.41) is 6.93. The van der Waals surface area contributed by atoms with Gasteiger partial charge in [0.25, 0.3) is 5.91 Å². The van der Waals surface area contributed by atoms with Gasteiger partial charge in [-0.05, 0) is 13.8 Å². The SMILES string of the molecule is CCOC(CNC(=O)c1cnn2c1OCCC2)OCC. The van der Waals surface area contributed by atoms with E-state index in [1.807, 2.05) is 13.8 Å². The second-order valence-electron chi connectivity index (χ2n) is 4.34. The van der Waals surface area contributed by atoms with Gasteiger partial charge in [-0.2, -0.15) is 5.10 Å². The maximum atomic E-state index is 12.1. The highest BCUT2D eigenvalue weighted by Crippen LogP contribution is 2.21. The average Bonchev–Trinajstić information content (AvgIpc) is 2.89. The summed E-state index contributed by atoms with van der Waals surface area (Å²) in [6, 6.07) is 0. The number of rotatable bonds is 7. The molecule has 0 unspecified atom stereocenters. The zero-order chi connectivity index (χ0) is 14.4. The molecule has 0 fully saturated rings. The molecule has 7 nitrogen and oxygen atoms in total. The number of aromatic nitrogens is 2. The van der Waals surface area contributed by atoms with Gasteiger partial charge in [-0.3, -0.25) is 4.79 Å². The Morgan fingerprint density at radius 3 is 2.95 bits per heavy atom. The van der Waals surface area contributed by atoms with E-state index in [4.69, 9.17) is 14.2 Å². The van der Waals surface area contributed by atoms with Gasteiger partial charge in [-0.1, -0.05) is 0 Å². The Balaban J connectivity index is 1.92. The van der Waals surface area contributed by atoms with E-state index in [2.05, 4.69) is 10.4 Å². The molecule has 1 aliphatic rings. The van der Waals surface area contributed by atoms with Crippen LogP contribution in [0.15, 0.2) is 6.20 Å². The average molecular weight is 283 g/mol. The van der Waals surface area contributed by atoms with E-state index in [0.717, 1.165) is 13.0 Å². The summed E-state index contributed by atoms with van der Waals surface area (Å²) in [5.74, 6) is 0.315. The van der Waals surface area contributed by atoms with Gasteiger partial charge in [0, 0.05) is 26.2 Å². The van der Waals surface area contributed by atoms with Crippen molar-refractivity contribution in [3.63, 3.8) is 0 Å². The molecule has 112 valence electrons. The zero-order valence-electron chi connectivity index (χ0n) is 11.9. The molecule has 0 spiro atoms. The minimum absolute atomic E-state index is 0.224. The summed E-state index contributed by atoms with van der Waals surface area (Å²) in [5.41, 5.74) is 0.455. The molecule has 2 rings (SSSR count). The normalized spacial score (nSPS) is 13.9. The number of ether oxygens (including phenoxy) is 3. The number of hydrogen-bond donors (Lipinski definition) is 1. The van der Waals surface area contributed by atoms with E-state index in [0.29, 0.717) is 37.8 Å². The van der Waals surface area contributed by atoms with Crippen molar-refractivity contribution in [2.45, 2.75) is 33.1 Å². The van der Waals surface area contributed by atoms with Gasteiger partial charge in [0.2, 0.25) is 5.88 Å². The first kappa shape index (κ1) is 14.8. The maximum Gasteiger partial charge on any atom is 0.258 e. The highest BCUT2D eigenvalue weighted by Gasteiger charge is 2.22. The first-order chi connectivity index (χ1) is 9.76. The van der Waals surface area contributed by atoms with E-state index in [9.17, 15) is 4.79 Å². The molecule has 1 N–H and O–H groups in total. The fourth-order valence-corrected chi connectivity index (χ4v) is 2.03. The predicted octanol–water partition coefficient (Wildman–Crippen LogP) is 0.794. The summed E-state index contributed by atoms with van der Waals surface area (Å²) in [6.45, 7) is 6.53. The molecule has 1 aromatic heterocycles. The van der Waals surface area contributed by atoms with Crippen LogP contribution < -0.4 is 10.1 Å². The topological polar surface area (TPSA) is 74.6 Å². The summed E-state index contributed by atoms with van der Waals surface area (Å²) in [6.07, 6.45) is 2.01. The first-order valence-corrected chi connectivity index (χ1v) is 6.96. The summed E-state index contributed by atoms with van der Waals surface area (Å²) < 4.78 is 18.0. The summed E-state index contributed by atoms with van der Waals surface area (Å²) in [7, 11) is 0. The summed E-state index contributed by atoms with van der Waals surface area (Å²) >= 11 is 0. The van der Waals surface area contributed by atoms with Crippen molar-refractivity contribution in [3.8, 4) is 5.88 Å². The van der Waals surface area contributed by atoms with Crippen LogP contribution >= 0.6 is 0 Å². The van der Waals surface area contributed by atoms with E-state index < -0.39 is 6.29 Å². The van der Waals surface area contributed by atoms with Gasteiger partial charge in [0.15, 0.2) is 6.29 Å². The van der Waals surface area contributed by atoms with Crippen LogP contribution in [0, 0.1) is 0 Å². The van der Waals surface area contributed by atoms with Crippen LogP contribution in [-0.2, 0) is 16.0 Å². The number of aryl methyl sites for hydroxylation is 1. The van der Waals surface area contributed by atoms with Gasteiger partial charge in [0.05, 0.1) is 19.3 Å². The molecule has 1 aromatic rings. The number of nitrogens with zero attached hydrogens (tertiary/aromatic N) is 2. The van der Waals surface area contributed by atoms with Gasteiger partial charge < -0.3 is 19.5 Å². The molecule has 0 aliphatic carbocycles. The van der Waals surface area contributed by atoms with E-state index in [-0.39, 0.29) is 5.91 Å². The van der Waals surface area contributed by atoms with Gasteiger partial charge in [0.1, 0.15) is 5.56 Å². The minimum Gasteiger partial charge on any atom is -0.477 e. The predicted molar refractivity (Wildman–Crippen MR) is 71.7 cm³/mol. The van der Waals surface area contributed by atoms with Crippen molar-refractivity contribution in [2.24, 2.45) is 0 Å². The molecule has 0 atom stereocenters. The van der Waals surface area contributed by atoms with E-state index in [1.54, 1.807) is 4.68 Å². The van der Waals surface area contributed by atoms with Crippen molar-refractivity contribution < 1.29 is 19.0 Å². The van der Waals surface area contributed by atoms with Crippen LogP contribution in [0.3, 0.4) is 0 Å². The van der Waals surface area contributed by atoms with Crippen LogP contribution in [0.25, 0.3) is 0 Å². The summed E-state index contributed by atoms with van der Waals surface area (Å²) in [4.78, 5) is 12.1. The van der Waals surface area contributed by atoms with Crippen molar-refractivity contribution in [2.75, 3.05) is 26.4 Å². The second-order valence-corrected chi connectivity index (χ2v) is 4.34. The van der Waals surface area contributed by atoms with Crippen LogP contribution in [-0.4, -0.2) is 48.3 Å². The standard InChI is InChI=1S/C13H21N3O4/c1-3-18-11(19-4-2)9-14-12(17)10-8-15-16-6-5-7-20-13(10)16/h8,11H,3-7,9H2,1-2H3,(H,14,17). The van der Waals surface area contributed by atoms with Crippen LogP contribution in [0.2, 0.25) is 0 Å². The largest absolute Gasteiger partial charge is 0.477 e. The number of carbonyl (C=O) groups is 1. The Hall–Kier alpha value is -1.60. The molecular weight excluding hydrogens is 262 g/mol. The van der Waals surface area contributed by atoms with E-state index in [1.165, 1.54) is 6.20 Å². The lowest BCUT2D eigenvalue weighted by Gasteiger charge is -2.18. The smallest absolute Gasteiger partial charge is 0.258 e. The molecule has 0 aromatic carbocycles. The lowest BCUT2D eigenvalue weighted by molar-refractivity contribution is -0.131. The first-order valence-electron chi connectivity index (χ1n) is 6.96. The third-order valence-corrected chi connectivity index (χ3v) is 2.92. The van der Waals surface area contributed by atoms with Gasteiger partial charge >= 0.3 is 0 Å². The minimum atomic E-state index is -0.429. The molecule has 1 amide bonds. The number of nitrogens with one attached hydrogen (secondary N) is 1. The van der Waals surface area contributed by atoms with Crippen LogP contribution in [0.5, 0.6) is 5.88 Å². The molecule has 0 radical (unpaired) electrons. The number of hydrogen-bond acceptors (Lipinski definition) is 5. The highest BCUT2D eigenvalue weighted by molar-refractivity contribution is 5.96. The molecule has 0 saturated heterocycles. The molecule has 7 heteroatoms. The number of fused-ring (bicyclic) bond motifs is 1. The van der Waals surface area contributed by atoms with Crippen molar-refractivity contribution in [1.29, 1.82) is 0 Å². The Labute approximate surface area is 118 Å². The fourth-order valence-electron chi connectivity index (χ4n) is 2.03. The van der Waals surface area contributed by atoms with Gasteiger partial charge in [-0.15, -0.1) is 0 Å². The van der Waals surface area contributed by atoms with Crippen LogP contribution in [0.1, 0.15) is 30.6 Å². The Morgan fingerprint density at radius 1 is 1.50 bits per heavy atom. The third kappa shape index (κ3) is 3.49. The molecule has 2 heterocycles. The zero-order valence-corrected chi connectivity index (χ0v) is 11.9. The molecular formula is C13H21N3O4. The van der Waals surface area contributed by atoms with Crippen molar-refractivity contribution >= 4 is 5.91 Å². The highest BCUT2D eigenvalue weighted by atomic mass is 16.7. The van der Waals surface area contributed by atoms with Crippen molar-refractivity contribution in [3.05, 3.63) is 11.8 Å². The lowest BCUT2D eigenvalue weighted by atomic mass is 10.3. The Kier molecular flexibility index (Phi) is 5.37. The van der Waals surface area contributed by atoms with Crippen molar-refractivity contribution in [1.82, 2.24) is 15.1 Å². The van der Waals surface area contributed by atoms with Gasteiger partial charge in [-0.25, -0.2) is 4.68 Å². The maximum absolute atomic E-state index is 12.1. The Morgan fingerprint density at radius 2 is 2.25 bits per heavy atom. The van der Waals surface area contributed by atoms with E-state index >= 15 is 0 Å². The number of carbonyl (C=O) groups excluding carboxylic acids is 1. The number of amides is 1. The molecule has 1 aliphatic heterocycles. The third-order valence-electron chi connectivity index (χ3n) is 2.92. The second kappa shape index (κ2) is 7.25. The Bertz CT molecular complexity index is 441. The monoisotopic (exact) mass is 283 g/mol. The molecule has 0 saturated carbocycles.